The van der Waals surface area contributed by atoms with E-state index in [1.165, 1.54) is 0 Å². The smallest absolute Gasteiger partial charge is 0.331 e. The minimum atomic E-state index is -0.137. The van der Waals surface area contributed by atoms with E-state index < -0.39 is 0 Å². The van der Waals surface area contributed by atoms with Crippen LogP contribution in [0.5, 0.6) is 0 Å². The van der Waals surface area contributed by atoms with Gasteiger partial charge in [0.2, 0.25) is 0 Å². The number of nitriles is 1. The monoisotopic (exact) mass is 512 g/mol. The van der Waals surface area contributed by atoms with Crippen LogP contribution in [0.3, 0.4) is 0 Å². The summed E-state index contributed by atoms with van der Waals surface area (Å²) in [6, 6.07) is 11.7. The van der Waals surface area contributed by atoms with Crippen LogP contribution in [0.25, 0.3) is 33.3 Å². The molecule has 0 saturated heterocycles. The average Bonchev–Trinajstić information content (AvgIpc) is 3.54. The molecule has 1 aliphatic rings. The van der Waals surface area contributed by atoms with Gasteiger partial charge in [-0.25, -0.2) is 4.79 Å². The summed E-state index contributed by atoms with van der Waals surface area (Å²) in [4.78, 5) is 22.4. The van der Waals surface area contributed by atoms with Crippen LogP contribution < -0.4 is 11.2 Å². The maximum atomic E-state index is 13.4. The predicted molar refractivity (Wildman–Crippen MR) is 142 cm³/mol. The van der Waals surface area contributed by atoms with Crippen molar-refractivity contribution >= 4 is 33.5 Å². The Morgan fingerprint density at radius 2 is 2.03 bits per heavy atom. The highest BCUT2D eigenvalue weighted by Crippen LogP contribution is 2.33. The van der Waals surface area contributed by atoms with E-state index in [0.717, 1.165) is 46.1 Å². The van der Waals surface area contributed by atoms with Crippen LogP contribution in [0.1, 0.15) is 24.0 Å². The lowest BCUT2D eigenvalue weighted by Crippen LogP contribution is -2.39. The van der Waals surface area contributed by atoms with Crippen LogP contribution in [-0.2, 0) is 27.2 Å². The Labute approximate surface area is 217 Å². The molecule has 37 heavy (non-hydrogen) atoms. The van der Waals surface area contributed by atoms with Crippen molar-refractivity contribution in [1.82, 2.24) is 28.5 Å². The molecule has 1 fully saturated rings. The summed E-state index contributed by atoms with van der Waals surface area (Å²) in [7, 11) is 5.34. The molecule has 1 aliphatic carbocycles. The van der Waals surface area contributed by atoms with Gasteiger partial charge in [-0.2, -0.15) is 10.4 Å². The molecule has 0 spiro atoms. The maximum absolute atomic E-state index is 13.4. The van der Waals surface area contributed by atoms with Crippen molar-refractivity contribution in [3.8, 4) is 17.5 Å². The van der Waals surface area contributed by atoms with Crippen molar-refractivity contribution in [2.75, 3.05) is 7.05 Å². The number of rotatable bonds is 5. The third-order valence-corrected chi connectivity index (χ3v) is 7.32. The van der Waals surface area contributed by atoms with Crippen molar-refractivity contribution in [3.05, 3.63) is 74.8 Å². The maximum Gasteiger partial charge on any atom is 0.331 e. The first-order valence-corrected chi connectivity index (χ1v) is 12.5. The highest BCUT2D eigenvalue weighted by atomic mass is 35.5. The Bertz CT molecular complexity index is 1880. The normalized spacial score (nSPS) is 14.1. The highest BCUT2D eigenvalue weighted by Gasteiger charge is 2.28. The summed E-state index contributed by atoms with van der Waals surface area (Å²) in [5, 5.41) is 17.0. The molecule has 0 amide bonds. The molecule has 5 aromatic rings. The molecular weight excluding hydrogens is 488 g/mol. The molecule has 4 heterocycles. The number of aromatic nitrogens is 6. The van der Waals surface area contributed by atoms with Gasteiger partial charge in [0, 0.05) is 50.5 Å². The minimum Gasteiger partial charge on any atom is -0.348 e. The number of fused-ring (bicyclic) bond motifs is 2. The Morgan fingerprint density at radius 1 is 1.22 bits per heavy atom. The van der Waals surface area contributed by atoms with E-state index in [0.29, 0.717) is 40.7 Å². The number of hydrogen-bond acceptors (Lipinski definition) is 5. The molecule has 1 aromatic carbocycles. The number of benzene rings is 1. The van der Waals surface area contributed by atoms with Crippen LogP contribution in [0.15, 0.2) is 52.5 Å². The quantitative estimate of drug-likeness (QED) is 0.359. The molecule has 0 atom stereocenters. The van der Waals surface area contributed by atoms with Crippen molar-refractivity contribution < 1.29 is 0 Å². The topological polar surface area (TPSA) is 98.7 Å². The number of hydrogen-bond donors (Lipinski definition) is 0. The molecule has 10 heteroatoms. The molecule has 9 nitrogen and oxygen atoms in total. The third-order valence-electron chi connectivity index (χ3n) is 7.09. The molecule has 1 saturated carbocycles. The summed E-state index contributed by atoms with van der Waals surface area (Å²) in [6.07, 6.45) is 5.79. The largest absolute Gasteiger partial charge is 0.348 e. The molecule has 0 bridgehead atoms. The third kappa shape index (κ3) is 3.85. The molecule has 0 unspecified atom stereocenters. The van der Waals surface area contributed by atoms with Crippen LogP contribution in [0.4, 0.5) is 0 Å². The van der Waals surface area contributed by atoms with Crippen molar-refractivity contribution in [3.63, 3.8) is 0 Å². The zero-order valence-corrected chi connectivity index (χ0v) is 21.6. The Balaban J connectivity index is 1.70. The zero-order chi connectivity index (χ0) is 25.8. The van der Waals surface area contributed by atoms with E-state index in [2.05, 4.69) is 16.0 Å². The standard InChI is InChI=1S/C27H25ClN8O/c1-30-25-23-24(22-10-17(12-29)13-33(22)2)36(15-18-8-9-31-21-7-6-19(28)11-20(18)21)32-26(23)35(14-16-4-5-16)27(37)34(25)3/h6-11,13,16H,4-5,14-15H2,1-3H3/b30-25-. The van der Waals surface area contributed by atoms with E-state index >= 15 is 0 Å². The SMILES string of the molecule is C/N=c1/c2c(-c3cc(C#N)cn3C)n(Cc3ccnc4ccc(Cl)cc34)nc2n(CC2CC2)c(=O)n1C. The van der Waals surface area contributed by atoms with Crippen molar-refractivity contribution in [2.24, 2.45) is 25.0 Å². The van der Waals surface area contributed by atoms with E-state index in [1.54, 1.807) is 35.6 Å². The van der Waals surface area contributed by atoms with Gasteiger partial charge in [0.1, 0.15) is 11.6 Å². The molecular formula is C27H25ClN8O. The van der Waals surface area contributed by atoms with Crippen molar-refractivity contribution in [1.29, 1.82) is 5.26 Å². The summed E-state index contributed by atoms with van der Waals surface area (Å²) >= 11 is 6.34. The van der Waals surface area contributed by atoms with Crippen molar-refractivity contribution in [2.45, 2.75) is 25.9 Å². The van der Waals surface area contributed by atoms with Gasteiger partial charge in [-0.15, -0.1) is 0 Å². The summed E-state index contributed by atoms with van der Waals surface area (Å²) in [6.45, 7) is 1.04. The Morgan fingerprint density at radius 3 is 2.73 bits per heavy atom. The molecule has 0 N–H and O–H groups in total. The van der Waals surface area contributed by atoms with E-state index in [9.17, 15) is 10.1 Å². The van der Waals surface area contributed by atoms with Gasteiger partial charge in [0.05, 0.1) is 34.4 Å². The van der Waals surface area contributed by atoms with Gasteiger partial charge in [-0.1, -0.05) is 11.6 Å². The first-order chi connectivity index (χ1) is 17.9. The molecule has 6 rings (SSSR count). The van der Waals surface area contributed by atoms with Gasteiger partial charge >= 0.3 is 5.69 Å². The first kappa shape index (κ1) is 23.3. The number of pyridine rings is 1. The summed E-state index contributed by atoms with van der Waals surface area (Å²) in [5.41, 5.74) is 5.01. The van der Waals surface area contributed by atoms with Gasteiger partial charge < -0.3 is 4.57 Å². The average molecular weight is 513 g/mol. The number of aryl methyl sites for hydroxylation is 1. The molecule has 186 valence electrons. The van der Waals surface area contributed by atoms with Crippen LogP contribution in [0, 0.1) is 17.2 Å². The van der Waals surface area contributed by atoms with Crippen LogP contribution in [-0.4, -0.2) is 35.5 Å². The lowest BCUT2D eigenvalue weighted by molar-refractivity contribution is 0.569. The van der Waals surface area contributed by atoms with Crippen LogP contribution in [0.2, 0.25) is 5.02 Å². The van der Waals surface area contributed by atoms with Gasteiger partial charge in [0.15, 0.2) is 5.65 Å². The second kappa shape index (κ2) is 8.75. The minimum absolute atomic E-state index is 0.137. The number of nitrogens with zero attached hydrogens (tertiary/aromatic N) is 8. The lowest BCUT2D eigenvalue weighted by Gasteiger charge is -2.12. The van der Waals surface area contributed by atoms with Gasteiger partial charge in [-0.05, 0) is 54.7 Å². The van der Waals surface area contributed by atoms with E-state index in [1.807, 2.05) is 46.6 Å². The van der Waals surface area contributed by atoms with Crippen LogP contribution >= 0.6 is 11.6 Å². The lowest BCUT2D eigenvalue weighted by atomic mass is 10.1. The summed E-state index contributed by atoms with van der Waals surface area (Å²) < 4.78 is 7.20. The fourth-order valence-corrected chi connectivity index (χ4v) is 5.24. The predicted octanol–water partition coefficient (Wildman–Crippen LogP) is 3.60. The second-order valence-corrected chi connectivity index (χ2v) is 10.1. The fraction of sp³-hybridized carbons (Fsp3) is 0.296. The molecule has 0 aliphatic heterocycles. The summed E-state index contributed by atoms with van der Waals surface area (Å²) in [5.74, 6) is 0.477. The Hall–Kier alpha value is -4.16. The van der Waals surface area contributed by atoms with Gasteiger partial charge in [0.25, 0.3) is 0 Å². The van der Waals surface area contributed by atoms with Gasteiger partial charge in [-0.3, -0.25) is 23.8 Å². The molecule has 4 aromatic heterocycles. The number of halogens is 1. The zero-order valence-electron chi connectivity index (χ0n) is 20.8. The highest BCUT2D eigenvalue weighted by molar-refractivity contribution is 6.31. The molecule has 0 radical (unpaired) electrons. The Kier molecular flexibility index (Phi) is 5.50. The van der Waals surface area contributed by atoms with E-state index in [4.69, 9.17) is 16.7 Å². The van der Waals surface area contributed by atoms with E-state index in [-0.39, 0.29) is 5.69 Å². The second-order valence-electron chi connectivity index (χ2n) is 9.62. The first-order valence-electron chi connectivity index (χ1n) is 12.1. The fourth-order valence-electron chi connectivity index (χ4n) is 5.07.